The summed E-state index contributed by atoms with van der Waals surface area (Å²) >= 11 is 0. The lowest BCUT2D eigenvalue weighted by atomic mass is 9.98. The van der Waals surface area contributed by atoms with E-state index in [4.69, 9.17) is 0 Å². The predicted molar refractivity (Wildman–Crippen MR) is 102 cm³/mol. The van der Waals surface area contributed by atoms with Gasteiger partial charge in [0, 0.05) is 31.6 Å². The van der Waals surface area contributed by atoms with Crippen LogP contribution in [-0.4, -0.2) is 20.4 Å². The summed E-state index contributed by atoms with van der Waals surface area (Å²) in [7, 11) is 0. The molecule has 2 heterocycles. The van der Waals surface area contributed by atoms with Gasteiger partial charge < -0.3 is 5.32 Å². The van der Waals surface area contributed by atoms with Crippen molar-refractivity contribution < 1.29 is 4.79 Å². The summed E-state index contributed by atoms with van der Waals surface area (Å²) in [5.74, 6) is 1.24. The molecule has 0 bridgehead atoms. The molecule has 2 aromatic heterocycles. The summed E-state index contributed by atoms with van der Waals surface area (Å²) in [6, 6.07) is 14.3. The molecule has 0 spiro atoms. The van der Waals surface area contributed by atoms with Crippen LogP contribution in [0, 0.1) is 5.92 Å². The van der Waals surface area contributed by atoms with Gasteiger partial charge in [0.2, 0.25) is 5.91 Å². The van der Waals surface area contributed by atoms with Gasteiger partial charge in [-0.15, -0.1) is 0 Å². The molecule has 0 aliphatic rings. The molecule has 5 heteroatoms. The Kier molecular flexibility index (Phi) is 6.14. The first-order valence-corrected chi connectivity index (χ1v) is 8.94. The molecule has 1 atom stereocenters. The first-order valence-electron chi connectivity index (χ1n) is 8.94. The van der Waals surface area contributed by atoms with Gasteiger partial charge >= 0.3 is 0 Å². The van der Waals surface area contributed by atoms with E-state index in [0.717, 1.165) is 24.2 Å². The third-order valence-electron chi connectivity index (χ3n) is 4.37. The number of pyridine rings is 1. The highest BCUT2D eigenvalue weighted by atomic mass is 16.1. The largest absolute Gasteiger partial charge is 0.352 e. The Morgan fingerprint density at radius 3 is 2.77 bits per heavy atom. The number of hydrogen-bond donors (Lipinski definition) is 1. The highest BCUT2D eigenvalue weighted by Gasteiger charge is 2.09. The van der Waals surface area contributed by atoms with Crippen molar-refractivity contribution in [3.8, 4) is 5.82 Å². The second kappa shape index (κ2) is 8.94. The van der Waals surface area contributed by atoms with Gasteiger partial charge in [0.15, 0.2) is 0 Å². The first kappa shape index (κ1) is 17.9. The number of hydrogen-bond acceptors (Lipinski definition) is 3. The number of rotatable bonds is 8. The zero-order valence-electron chi connectivity index (χ0n) is 15.0. The Labute approximate surface area is 154 Å². The van der Waals surface area contributed by atoms with Crippen LogP contribution in [0.1, 0.15) is 30.9 Å². The summed E-state index contributed by atoms with van der Waals surface area (Å²) < 4.78 is 1.84. The van der Waals surface area contributed by atoms with E-state index < -0.39 is 0 Å². The highest BCUT2D eigenvalue weighted by Crippen LogP contribution is 2.13. The van der Waals surface area contributed by atoms with Gasteiger partial charge in [-0.25, -0.2) is 9.97 Å². The fourth-order valence-electron chi connectivity index (χ4n) is 2.86. The average Bonchev–Trinajstić information content (AvgIpc) is 3.21. The van der Waals surface area contributed by atoms with Crippen LogP contribution in [0.3, 0.4) is 0 Å². The lowest BCUT2D eigenvalue weighted by Gasteiger charge is -2.12. The fourth-order valence-corrected chi connectivity index (χ4v) is 2.86. The number of nitrogens with zero attached hydrogens (tertiary/aromatic N) is 3. The molecule has 1 N–H and O–H groups in total. The van der Waals surface area contributed by atoms with E-state index in [-0.39, 0.29) is 5.91 Å². The minimum Gasteiger partial charge on any atom is -0.352 e. The van der Waals surface area contributed by atoms with Crippen LogP contribution in [0.4, 0.5) is 0 Å². The molecule has 3 aromatic rings. The molecule has 1 amide bonds. The van der Waals surface area contributed by atoms with E-state index in [1.807, 2.05) is 29.0 Å². The summed E-state index contributed by atoms with van der Waals surface area (Å²) in [5.41, 5.74) is 2.34. The van der Waals surface area contributed by atoms with E-state index in [2.05, 4.69) is 46.5 Å². The Hall–Kier alpha value is -2.95. The number of aromatic nitrogens is 3. The Balaban J connectivity index is 1.44. The lowest BCUT2D eigenvalue weighted by Crippen LogP contribution is -2.24. The number of carbonyl (C=O) groups is 1. The molecule has 1 unspecified atom stereocenters. The van der Waals surface area contributed by atoms with Gasteiger partial charge in [0.25, 0.3) is 0 Å². The number of imidazole rings is 1. The van der Waals surface area contributed by atoms with Crippen LogP contribution in [-0.2, 0) is 17.8 Å². The molecule has 0 aliphatic carbocycles. The molecular formula is C21H24N4O. The van der Waals surface area contributed by atoms with Gasteiger partial charge in [0.05, 0.1) is 0 Å². The topological polar surface area (TPSA) is 59.8 Å². The van der Waals surface area contributed by atoms with Gasteiger partial charge in [-0.2, -0.15) is 0 Å². The van der Waals surface area contributed by atoms with Crippen molar-refractivity contribution in [2.75, 3.05) is 0 Å². The standard InChI is InChI=1S/C21H24N4O/c1-17(7-8-18-5-3-2-4-6-18)13-21(26)24-15-19-9-10-23-20(14-19)25-12-11-22-16-25/h2-6,9-12,14,16-17H,7-8,13,15H2,1H3,(H,24,26). The number of nitrogens with one attached hydrogen (secondary N) is 1. The molecule has 0 saturated heterocycles. The predicted octanol–water partition coefficient (Wildman–Crippen LogP) is 3.54. The third kappa shape index (κ3) is 5.28. The summed E-state index contributed by atoms with van der Waals surface area (Å²) in [6.45, 7) is 2.64. The molecule has 134 valence electrons. The van der Waals surface area contributed by atoms with Crippen molar-refractivity contribution >= 4 is 5.91 Å². The monoisotopic (exact) mass is 348 g/mol. The fraction of sp³-hybridized carbons (Fsp3) is 0.286. The van der Waals surface area contributed by atoms with Crippen LogP contribution in [0.15, 0.2) is 67.4 Å². The van der Waals surface area contributed by atoms with E-state index in [9.17, 15) is 4.79 Å². The molecule has 0 fully saturated rings. The Bertz CT molecular complexity index is 815. The van der Waals surface area contributed by atoms with E-state index >= 15 is 0 Å². The quantitative estimate of drug-likeness (QED) is 0.677. The van der Waals surface area contributed by atoms with E-state index in [0.29, 0.717) is 18.9 Å². The van der Waals surface area contributed by atoms with Crippen LogP contribution >= 0.6 is 0 Å². The zero-order chi connectivity index (χ0) is 18.2. The maximum absolute atomic E-state index is 12.2. The van der Waals surface area contributed by atoms with Crippen molar-refractivity contribution in [3.63, 3.8) is 0 Å². The first-order chi connectivity index (χ1) is 12.7. The van der Waals surface area contributed by atoms with Gasteiger partial charge in [-0.1, -0.05) is 37.3 Å². The van der Waals surface area contributed by atoms with Gasteiger partial charge in [-0.05, 0) is 42.0 Å². The highest BCUT2D eigenvalue weighted by molar-refractivity contribution is 5.76. The maximum Gasteiger partial charge on any atom is 0.220 e. The molecule has 3 rings (SSSR count). The molecule has 26 heavy (non-hydrogen) atoms. The number of aryl methyl sites for hydroxylation is 1. The number of amides is 1. The van der Waals surface area contributed by atoms with Crippen molar-refractivity contribution in [1.82, 2.24) is 19.9 Å². The minimum atomic E-state index is 0.0894. The molecule has 0 aliphatic heterocycles. The normalized spacial score (nSPS) is 11.9. The summed E-state index contributed by atoms with van der Waals surface area (Å²) in [5, 5.41) is 3.01. The van der Waals surface area contributed by atoms with Crippen LogP contribution in [0.25, 0.3) is 5.82 Å². The van der Waals surface area contributed by atoms with Crippen molar-refractivity contribution in [2.45, 2.75) is 32.7 Å². The molecule has 1 aromatic carbocycles. The molecule has 0 saturated carbocycles. The van der Waals surface area contributed by atoms with Crippen molar-refractivity contribution in [1.29, 1.82) is 0 Å². The van der Waals surface area contributed by atoms with Gasteiger partial charge in [0.1, 0.15) is 12.1 Å². The Morgan fingerprint density at radius 2 is 2.00 bits per heavy atom. The van der Waals surface area contributed by atoms with Crippen LogP contribution in [0.2, 0.25) is 0 Å². The lowest BCUT2D eigenvalue weighted by molar-refractivity contribution is -0.122. The number of carbonyl (C=O) groups excluding carboxylic acids is 1. The average molecular weight is 348 g/mol. The number of benzene rings is 1. The Morgan fingerprint density at radius 1 is 1.15 bits per heavy atom. The third-order valence-corrected chi connectivity index (χ3v) is 4.37. The minimum absolute atomic E-state index is 0.0894. The van der Waals surface area contributed by atoms with Gasteiger partial charge in [-0.3, -0.25) is 9.36 Å². The van der Waals surface area contributed by atoms with E-state index in [1.165, 1.54) is 5.56 Å². The maximum atomic E-state index is 12.2. The second-order valence-corrected chi connectivity index (χ2v) is 6.60. The van der Waals surface area contributed by atoms with Crippen LogP contribution in [0.5, 0.6) is 0 Å². The molecule has 0 radical (unpaired) electrons. The zero-order valence-corrected chi connectivity index (χ0v) is 15.0. The second-order valence-electron chi connectivity index (χ2n) is 6.60. The van der Waals surface area contributed by atoms with Crippen molar-refractivity contribution in [2.24, 2.45) is 5.92 Å². The van der Waals surface area contributed by atoms with E-state index in [1.54, 1.807) is 18.7 Å². The summed E-state index contributed by atoms with van der Waals surface area (Å²) in [4.78, 5) is 20.6. The smallest absolute Gasteiger partial charge is 0.220 e. The SMILES string of the molecule is CC(CCc1ccccc1)CC(=O)NCc1ccnc(-n2ccnc2)c1. The summed E-state index contributed by atoms with van der Waals surface area (Å²) in [6.07, 6.45) is 9.59. The molecular weight excluding hydrogens is 324 g/mol. The molecule has 5 nitrogen and oxygen atoms in total. The van der Waals surface area contributed by atoms with Crippen molar-refractivity contribution in [3.05, 3.63) is 78.5 Å². The van der Waals surface area contributed by atoms with Crippen LogP contribution < -0.4 is 5.32 Å².